The Bertz CT molecular complexity index is 147. The Hall–Kier alpha value is -0.120. The lowest BCUT2D eigenvalue weighted by molar-refractivity contribution is -0.101. The lowest BCUT2D eigenvalue weighted by Gasteiger charge is -2.35. The summed E-state index contributed by atoms with van der Waals surface area (Å²) in [6.07, 6.45) is 0.248. The molecule has 0 spiro atoms. The van der Waals surface area contributed by atoms with Crippen molar-refractivity contribution in [2.75, 3.05) is 33.4 Å². The summed E-state index contributed by atoms with van der Waals surface area (Å²) < 4.78 is 10.9. The minimum atomic E-state index is 0.209. The molecule has 13 heavy (non-hydrogen) atoms. The Morgan fingerprint density at radius 3 is 2.46 bits per heavy atom. The summed E-state index contributed by atoms with van der Waals surface area (Å²) >= 11 is 0. The predicted octanol–water partition coefficient (Wildman–Crippen LogP) is 1.13. The van der Waals surface area contributed by atoms with Crippen LogP contribution in [-0.2, 0) is 9.47 Å². The Balaban J connectivity index is 2.30. The van der Waals surface area contributed by atoms with Gasteiger partial charge < -0.3 is 9.47 Å². The maximum absolute atomic E-state index is 5.58. The molecule has 1 heterocycles. The molecule has 1 aliphatic rings. The van der Waals surface area contributed by atoms with Crippen molar-refractivity contribution in [1.29, 1.82) is 0 Å². The van der Waals surface area contributed by atoms with E-state index in [2.05, 4.69) is 32.7 Å². The third-order valence-corrected chi connectivity index (χ3v) is 2.51. The van der Waals surface area contributed by atoms with E-state index in [-0.39, 0.29) is 11.6 Å². The standard InChI is InChI=1S/C10H21NO2/c1-10(2,3)11(4)7-9-8-12-5-6-13-9/h9H,5-8H2,1-4H3/t9-/m1/s1. The molecule has 0 N–H and O–H groups in total. The van der Waals surface area contributed by atoms with Crippen LogP contribution in [0.3, 0.4) is 0 Å². The average Bonchev–Trinajstić information content (AvgIpc) is 2.04. The highest BCUT2D eigenvalue weighted by atomic mass is 16.6. The summed E-state index contributed by atoms with van der Waals surface area (Å²) in [6, 6.07) is 0. The van der Waals surface area contributed by atoms with Crippen LogP contribution in [0.25, 0.3) is 0 Å². The second-order valence-corrected chi connectivity index (χ2v) is 4.62. The van der Waals surface area contributed by atoms with Crippen LogP contribution in [0.2, 0.25) is 0 Å². The third-order valence-electron chi connectivity index (χ3n) is 2.51. The first-order valence-electron chi connectivity index (χ1n) is 4.91. The summed E-state index contributed by atoms with van der Waals surface area (Å²) in [4.78, 5) is 2.30. The fraction of sp³-hybridized carbons (Fsp3) is 1.00. The normalized spacial score (nSPS) is 25.2. The first-order valence-corrected chi connectivity index (χ1v) is 4.91. The Morgan fingerprint density at radius 2 is 2.00 bits per heavy atom. The molecule has 0 unspecified atom stereocenters. The zero-order valence-electron chi connectivity index (χ0n) is 9.17. The van der Waals surface area contributed by atoms with E-state index in [0.717, 1.165) is 26.4 Å². The summed E-state index contributed by atoms with van der Waals surface area (Å²) in [6.45, 7) is 9.78. The Labute approximate surface area is 81.0 Å². The van der Waals surface area contributed by atoms with Crippen molar-refractivity contribution in [3.63, 3.8) is 0 Å². The van der Waals surface area contributed by atoms with E-state index in [4.69, 9.17) is 9.47 Å². The van der Waals surface area contributed by atoms with Crippen molar-refractivity contribution in [2.45, 2.75) is 32.4 Å². The summed E-state index contributed by atoms with van der Waals surface area (Å²) in [5.74, 6) is 0. The number of hydrogen-bond acceptors (Lipinski definition) is 3. The van der Waals surface area contributed by atoms with Gasteiger partial charge in [-0.1, -0.05) is 0 Å². The molecule has 0 saturated carbocycles. The first kappa shape index (κ1) is 11.0. The van der Waals surface area contributed by atoms with Crippen molar-refractivity contribution in [3.05, 3.63) is 0 Å². The topological polar surface area (TPSA) is 21.7 Å². The Morgan fingerprint density at radius 1 is 1.31 bits per heavy atom. The maximum atomic E-state index is 5.58. The SMILES string of the molecule is CN(C[C@@H]1COCCO1)C(C)(C)C. The molecule has 0 amide bonds. The van der Waals surface area contributed by atoms with Crippen LogP contribution in [-0.4, -0.2) is 50.0 Å². The molecule has 1 aliphatic heterocycles. The second-order valence-electron chi connectivity index (χ2n) is 4.62. The zero-order chi connectivity index (χ0) is 9.90. The van der Waals surface area contributed by atoms with Crippen LogP contribution in [0.1, 0.15) is 20.8 Å². The first-order chi connectivity index (χ1) is 6.00. The molecule has 0 radical (unpaired) electrons. The van der Waals surface area contributed by atoms with Crippen LogP contribution in [0.5, 0.6) is 0 Å². The van der Waals surface area contributed by atoms with E-state index in [1.807, 2.05) is 0 Å². The minimum absolute atomic E-state index is 0.209. The van der Waals surface area contributed by atoms with Gasteiger partial charge in [-0.15, -0.1) is 0 Å². The van der Waals surface area contributed by atoms with E-state index in [1.54, 1.807) is 0 Å². The van der Waals surface area contributed by atoms with Crippen LogP contribution in [0.4, 0.5) is 0 Å². The number of nitrogens with zero attached hydrogens (tertiary/aromatic N) is 1. The summed E-state index contributed by atoms with van der Waals surface area (Å²) in [7, 11) is 2.12. The zero-order valence-corrected chi connectivity index (χ0v) is 9.17. The van der Waals surface area contributed by atoms with Gasteiger partial charge in [0.25, 0.3) is 0 Å². The molecule has 0 aliphatic carbocycles. The highest BCUT2D eigenvalue weighted by Crippen LogP contribution is 2.12. The molecule has 1 atom stereocenters. The van der Waals surface area contributed by atoms with Gasteiger partial charge in [-0.25, -0.2) is 0 Å². The third kappa shape index (κ3) is 3.63. The van der Waals surface area contributed by atoms with Crippen molar-refractivity contribution < 1.29 is 9.47 Å². The molecule has 0 aromatic rings. The largest absolute Gasteiger partial charge is 0.376 e. The van der Waals surface area contributed by atoms with Crippen LogP contribution >= 0.6 is 0 Å². The van der Waals surface area contributed by atoms with Crippen LogP contribution < -0.4 is 0 Å². The summed E-state index contributed by atoms with van der Waals surface area (Å²) in [5.41, 5.74) is 0.209. The molecular weight excluding hydrogens is 166 g/mol. The fourth-order valence-electron chi connectivity index (χ4n) is 1.22. The molecule has 0 bridgehead atoms. The number of rotatable bonds is 2. The number of hydrogen-bond donors (Lipinski definition) is 0. The highest BCUT2D eigenvalue weighted by Gasteiger charge is 2.22. The predicted molar refractivity (Wildman–Crippen MR) is 52.9 cm³/mol. The van der Waals surface area contributed by atoms with Gasteiger partial charge in [0.2, 0.25) is 0 Å². The lowest BCUT2D eigenvalue weighted by atomic mass is 10.1. The molecule has 3 nitrogen and oxygen atoms in total. The average molecular weight is 187 g/mol. The molecule has 1 fully saturated rings. The van der Waals surface area contributed by atoms with E-state index in [1.165, 1.54) is 0 Å². The number of likely N-dealkylation sites (N-methyl/N-ethyl adjacent to an activating group) is 1. The van der Waals surface area contributed by atoms with Crippen LogP contribution in [0.15, 0.2) is 0 Å². The molecule has 0 aromatic carbocycles. The van der Waals surface area contributed by atoms with Crippen molar-refractivity contribution in [2.24, 2.45) is 0 Å². The smallest absolute Gasteiger partial charge is 0.0936 e. The van der Waals surface area contributed by atoms with Crippen molar-refractivity contribution in [1.82, 2.24) is 4.90 Å². The quantitative estimate of drug-likeness (QED) is 0.647. The van der Waals surface area contributed by atoms with E-state index >= 15 is 0 Å². The van der Waals surface area contributed by atoms with Gasteiger partial charge in [0.1, 0.15) is 0 Å². The molecule has 3 heteroatoms. The molecule has 78 valence electrons. The summed E-state index contributed by atoms with van der Waals surface area (Å²) in [5, 5.41) is 0. The molecule has 0 aromatic heterocycles. The van der Waals surface area contributed by atoms with E-state index in [0.29, 0.717) is 0 Å². The van der Waals surface area contributed by atoms with Gasteiger partial charge >= 0.3 is 0 Å². The molecule has 1 rings (SSSR count). The minimum Gasteiger partial charge on any atom is -0.376 e. The van der Waals surface area contributed by atoms with Crippen molar-refractivity contribution >= 4 is 0 Å². The fourth-order valence-corrected chi connectivity index (χ4v) is 1.22. The molecule has 1 saturated heterocycles. The van der Waals surface area contributed by atoms with E-state index in [9.17, 15) is 0 Å². The van der Waals surface area contributed by atoms with Gasteiger partial charge in [-0.05, 0) is 27.8 Å². The number of ether oxygens (including phenoxy) is 2. The van der Waals surface area contributed by atoms with Gasteiger partial charge in [-0.3, -0.25) is 4.90 Å². The van der Waals surface area contributed by atoms with Crippen LogP contribution in [0, 0.1) is 0 Å². The second kappa shape index (κ2) is 4.40. The lowest BCUT2D eigenvalue weighted by Crippen LogP contribution is -2.46. The van der Waals surface area contributed by atoms with Crippen molar-refractivity contribution in [3.8, 4) is 0 Å². The molecular formula is C10H21NO2. The maximum Gasteiger partial charge on any atom is 0.0936 e. The van der Waals surface area contributed by atoms with Gasteiger partial charge in [0.05, 0.1) is 25.9 Å². The monoisotopic (exact) mass is 187 g/mol. The Kier molecular flexibility index (Phi) is 3.71. The highest BCUT2D eigenvalue weighted by molar-refractivity contribution is 4.76. The van der Waals surface area contributed by atoms with Gasteiger partial charge in [-0.2, -0.15) is 0 Å². The van der Waals surface area contributed by atoms with Gasteiger partial charge in [0, 0.05) is 12.1 Å². The van der Waals surface area contributed by atoms with E-state index < -0.39 is 0 Å². The van der Waals surface area contributed by atoms with Gasteiger partial charge in [0.15, 0.2) is 0 Å².